The number of sulfonamides is 1. The van der Waals surface area contributed by atoms with Gasteiger partial charge in [-0.2, -0.15) is 0 Å². The minimum atomic E-state index is -3.83. The fraction of sp³-hybridized carbons (Fsp3) is 0.375. The summed E-state index contributed by atoms with van der Waals surface area (Å²) in [5.41, 5.74) is 2.92. The van der Waals surface area contributed by atoms with E-state index in [4.69, 9.17) is 11.6 Å². The van der Waals surface area contributed by atoms with Gasteiger partial charge in [-0.15, -0.1) is 0 Å². The van der Waals surface area contributed by atoms with Crippen LogP contribution in [0.25, 0.3) is 0 Å². The smallest absolute Gasteiger partial charge is 0.244 e. The third-order valence-electron chi connectivity index (χ3n) is 6.76. The lowest BCUT2D eigenvalue weighted by Crippen LogP contribution is -2.53. The van der Waals surface area contributed by atoms with Gasteiger partial charge in [-0.1, -0.05) is 93.9 Å². The lowest BCUT2D eigenvalue weighted by Gasteiger charge is -2.33. The molecule has 0 aliphatic heterocycles. The molecule has 2 amide bonds. The highest BCUT2D eigenvalue weighted by Crippen LogP contribution is 2.26. The minimum Gasteiger partial charge on any atom is -0.354 e. The maximum Gasteiger partial charge on any atom is 0.244 e. The van der Waals surface area contributed by atoms with Crippen LogP contribution in [0.2, 0.25) is 5.02 Å². The molecular weight excluding hydrogens is 558 g/mol. The number of nitrogens with one attached hydrogen (secondary N) is 1. The van der Waals surface area contributed by atoms with E-state index in [1.54, 1.807) is 30.3 Å². The molecule has 41 heavy (non-hydrogen) atoms. The molecule has 0 aromatic heterocycles. The number of halogens is 1. The second-order valence-electron chi connectivity index (χ2n) is 11.2. The van der Waals surface area contributed by atoms with Gasteiger partial charge in [0.15, 0.2) is 0 Å². The molecule has 0 aliphatic rings. The van der Waals surface area contributed by atoms with Crippen LogP contribution in [0.1, 0.15) is 50.8 Å². The Morgan fingerprint density at radius 3 is 2.12 bits per heavy atom. The molecular formula is C32H40ClN3O4S. The molecule has 3 rings (SSSR count). The summed E-state index contributed by atoms with van der Waals surface area (Å²) >= 11 is 6.25. The van der Waals surface area contributed by atoms with Crippen LogP contribution >= 0.6 is 11.6 Å². The summed E-state index contributed by atoms with van der Waals surface area (Å²) in [6.45, 7) is 8.25. The largest absolute Gasteiger partial charge is 0.354 e. The third kappa shape index (κ3) is 9.33. The summed E-state index contributed by atoms with van der Waals surface area (Å²) in [7, 11) is -3.83. The number of amides is 2. The van der Waals surface area contributed by atoms with Gasteiger partial charge in [-0.3, -0.25) is 13.9 Å². The van der Waals surface area contributed by atoms with Gasteiger partial charge in [0.1, 0.15) is 12.6 Å². The van der Waals surface area contributed by atoms with E-state index in [2.05, 4.69) is 26.1 Å². The van der Waals surface area contributed by atoms with E-state index in [-0.39, 0.29) is 24.3 Å². The second-order valence-corrected chi connectivity index (χ2v) is 13.6. The number of carbonyl (C=O) groups excluding carboxylic acids is 2. The Kier molecular flexibility index (Phi) is 11.0. The van der Waals surface area contributed by atoms with E-state index >= 15 is 0 Å². The van der Waals surface area contributed by atoms with E-state index in [0.717, 1.165) is 33.7 Å². The predicted molar refractivity (Wildman–Crippen MR) is 167 cm³/mol. The average molecular weight is 598 g/mol. The van der Waals surface area contributed by atoms with Gasteiger partial charge in [0, 0.05) is 24.5 Å². The molecule has 0 fully saturated rings. The summed E-state index contributed by atoms with van der Waals surface area (Å²) in [4.78, 5) is 29.1. The molecule has 1 atom stereocenters. The van der Waals surface area contributed by atoms with Crippen LogP contribution in [-0.4, -0.2) is 50.5 Å². The topological polar surface area (TPSA) is 86.8 Å². The third-order valence-corrected chi connectivity index (χ3v) is 8.14. The maximum atomic E-state index is 14.1. The van der Waals surface area contributed by atoms with E-state index < -0.39 is 28.5 Å². The molecule has 0 radical (unpaired) electrons. The molecule has 0 spiro atoms. The molecule has 3 aromatic carbocycles. The number of benzene rings is 3. The molecule has 0 unspecified atom stereocenters. The highest BCUT2D eigenvalue weighted by Gasteiger charge is 2.33. The van der Waals surface area contributed by atoms with Crippen molar-refractivity contribution in [3.63, 3.8) is 0 Å². The van der Waals surface area contributed by atoms with Crippen LogP contribution in [-0.2, 0) is 38.0 Å². The van der Waals surface area contributed by atoms with Crippen molar-refractivity contribution in [2.24, 2.45) is 0 Å². The Bertz CT molecular complexity index is 1420. The van der Waals surface area contributed by atoms with Crippen LogP contribution < -0.4 is 9.62 Å². The zero-order valence-electron chi connectivity index (χ0n) is 24.4. The highest BCUT2D eigenvalue weighted by atomic mass is 35.5. The molecule has 7 nitrogen and oxygen atoms in total. The maximum absolute atomic E-state index is 14.1. The minimum absolute atomic E-state index is 0.0804. The number of nitrogens with zero attached hydrogens (tertiary/aromatic N) is 2. The molecule has 9 heteroatoms. The van der Waals surface area contributed by atoms with Crippen LogP contribution in [0.3, 0.4) is 0 Å². The summed E-state index contributed by atoms with van der Waals surface area (Å²) in [5.74, 6) is -0.797. The first kappa shape index (κ1) is 32.2. The molecule has 220 valence electrons. The molecule has 0 aliphatic carbocycles. The Morgan fingerprint density at radius 1 is 0.927 bits per heavy atom. The summed E-state index contributed by atoms with van der Waals surface area (Å²) in [6, 6.07) is 22.8. The van der Waals surface area contributed by atoms with E-state index in [0.29, 0.717) is 17.3 Å². The first-order chi connectivity index (χ1) is 19.3. The molecule has 3 aromatic rings. The SMILES string of the molecule is CCCNC(=O)[C@@H](Cc1ccccc1)N(Cc1cccc(Cl)c1)C(=O)CN(c1ccc(C(C)(C)C)cc1)S(C)(=O)=O. The van der Waals surface area contributed by atoms with Crippen molar-refractivity contribution in [2.75, 3.05) is 23.7 Å². The fourth-order valence-electron chi connectivity index (χ4n) is 4.49. The van der Waals surface area contributed by atoms with Gasteiger partial charge < -0.3 is 10.2 Å². The summed E-state index contributed by atoms with van der Waals surface area (Å²) in [6.07, 6.45) is 2.08. The quantitative estimate of drug-likeness (QED) is 0.296. The predicted octanol–water partition coefficient (Wildman–Crippen LogP) is 5.57. The zero-order chi connectivity index (χ0) is 30.2. The normalized spacial score (nSPS) is 12.4. The van der Waals surface area contributed by atoms with Crippen molar-refractivity contribution < 1.29 is 18.0 Å². The number of hydrogen-bond donors (Lipinski definition) is 1. The van der Waals surface area contributed by atoms with Gasteiger partial charge in [-0.05, 0) is 52.8 Å². The molecule has 0 bridgehead atoms. The van der Waals surface area contributed by atoms with Gasteiger partial charge in [0.05, 0.1) is 11.9 Å². The van der Waals surface area contributed by atoms with E-state index in [9.17, 15) is 18.0 Å². The van der Waals surface area contributed by atoms with Crippen molar-refractivity contribution in [1.29, 1.82) is 0 Å². The second kappa shape index (κ2) is 14.0. The van der Waals surface area contributed by atoms with Crippen molar-refractivity contribution in [3.05, 3.63) is 101 Å². The number of anilines is 1. The molecule has 0 heterocycles. The number of carbonyl (C=O) groups is 2. The lowest BCUT2D eigenvalue weighted by atomic mass is 9.87. The van der Waals surface area contributed by atoms with Crippen LogP contribution in [0, 0.1) is 0 Å². The van der Waals surface area contributed by atoms with E-state index in [1.165, 1.54) is 4.90 Å². The molecule has 1 N–H and O–H groups in total. The highest BCUT2D eigenvalue weighted by molar-refractivity contribution is 7.92. The Labute approximate surface area is 249 Å². The van der Waals surface area contributed by atoms with Crippen molar-refractivity contribution in [3.8, 4) is 0 Å². The molecule has 0 saturated carbocycles. The van der Waals surface area contributed by atoms with Gasteiger partial charge >= 0.3 is 0 Å². The van der Waals surface area contributed by atoms with Crippen molar-refractivity contribution >= 4 is 39.1 Å². The van der Waals surface area contributed by atoms with Crippen LogP contribution in [0.4, 0.5) is 5.69 Å². The number of hydrogen-bond acceptors (Lipinski definition) is 4. The Morgan fingerprint density at radius 2 is 1.56 bits per heavy atom. The molecule has 0 saturated heterocycles. The van der Waals surface area contributed by atoms with Crippen molar-refractivity contribution in [1.82, 2.24) is 10.2 Å². The Hall–Kier alpha value is -3.36. The number of rotatable bonds is 12. The summed E-state index contributed by atoms with van der Waals surface area (Å²) < 4.78 is 27.0. The van der Waals surface area contributed by atoms with Crippen LogP contribution in [0.5, 0.6) is 0 Å². The summed E-state index contributed by atoms with van der Waals surface area (Å²) in [5, 5.41) is 3.43. The standard InChI is InChI=1S/C32H40ClN3O4S/c1-6-19-34-31(38)29(21-24-11-8-7-9-12-24)35(22-25-13-10-14-27(33)20-25)30(37)23-36(41(5,39)40)28-17-15-26(16-18-28)32(2,3)4/h7-18,20,29H,6,19,21-23H2,1-5H3,(H,34,38)/t29-/m1/s1. The monoisotopic (exact) mass is 597 g/mol. The lowest BCUT2D eigenvalue weighted by molar-refractivity contribution is -0.140. The van der Waals surface area contributed by atoms with Gasteiger partial charge in [-0.25, -0.2) is 8.42 Å². The first-order valence-electron chi connectivity index (χ1n) is 13.7. The van der Waals surface area contributed by atoms with Crippen LogP contribution in [0.15, 0.2) is 78.9 Å². The van der Waals surface area contributed by atoms with E-state index in [1.807, 2.05) is 55.5 Å². The average Bonchev–Trinajstić information content (AvgIpc) is 2.91. The van der Waals surface area contributed by atoms with Gasteiger partial charge in [0.2, 0.25) is 21.8 Å². The fourth-order valence-corrected chi connectivity index (χ4v) is 5.56. The Balaban J connectivity index is 2.04. The first-order valence-corrected chi connectivity index (χ1v) is 16.0. The van der Waals surface area contributed by atoms with Crippen molar-refractivity contribution in [2.45, 2.75) is 58.5 Å². The van der Waals surface area contributed by atoms with Gasteiger partial charge in [0.25, 0.3) is 0 Å². The zero-order valence-corrected chi connectivity index (χ0v) is 26.0.